The molecule has 3 rings (SSSR count). The molecule has 0 saturated carbocycles. The summed E-state index contributed by atoms with van der Waals surface area (Å²) in [6.07, 6.45) is 3.71. The van der Waals surface area contributed by atoms with Gasteiger partial charge in [0.25, 0.3) is 0 Å². The minimum Gasteiger partial charge on any atom is -0.497 e. The first-order valence-corrected chi connectivity index (χ1v) is 9.47. The molecule has 0 aliphatic carbocycles. The van der Waals surface area contributed by atoms with Gasteiger partial charge in [-0.25, -0.2) is 0 Å². The lowest BCUT2D eigenvalue weighted by atomic mass is 9.94. The molecule has 1 aliphatic heterocycles. The number of methoxy groups -OCH3 is 2. The number of rotatable bonds is 4. The van der Waals surface area contributed by atoms with Gasteiger partial charge in [-0.2, -0.15) is 0 Å². The molecule has 0 aromatic heterocycles. The molecule has 1 heterocycles. The lowest BCUT2D eigenvalue weighted by Gasteiger charge is -2.26. The summed E-state index contributed by atoms with van der Waals surface area (Å²) in [5.74, 6) is 1.35. The third kappa shape index (κ3) is 4.76. The molecular formula is C22H21Cl2NO3. The zero-order chi connectivity index (χ0) is 20.3. The van der Waals surface area contributed by atoms with E-state index in [0.29, 0.717) is 45.8 Å². The van der Waals surface area contributed by atoms with Crippen molar-refractivity contribution < 1.29 is 14.3 Å². The number of halogens is 2. The van der Waals surface area contributed by atoms with Crippen molar-refractivity contribution in [3.05, 3.63) is 68.7 Å². The van der Waals surface area contributed by atoms with Gasteiger partial charge in [-0.1, -0.05) is 29.3 Å². The van der Waals surface area contributed by atoms with E-state index in [0.717, 1.165) is 11.1 Å². The number of ether oxygens (including phenoxy) is 2. The van der Waals surface area contributed by atoms with Crippen LogP contribution in [0.2, 0.25) is 10.0 Å². The third-order valence-corrected chi connectivity index (χ3v) is 5.03. The van der Waals surface area contributed by atoms with Crippen molar-refractivity contribution in [1.82, 2.24) is 4.90 Å². The molecule has 0 bridgehead atoms. The van der Waals surface area contributed by atoms with Crippen LogP contribution in [0.25, 0.3) is 12.2 Å². The van der Waals surface area contributed by atoms with E-state index < -0.39 is 0 Å². The van der Waals surface area contributed by atoms with Crippen LogP contribution in [0.15, 0.2) is 47.5 Å². The minimum atomic E-state index is 0.00547. The molecule has 0 N–H and O–H groups in total. The Balaban J connectivity index is 1.97. The van der Waals surface area contributed by atoms with Gasteiger partial charge in [0, 0.05) is 40.3 Å². The molecule has 2 aromatic rings. The zero-order valence-corrected chi connectivity index (χ0v) is 17.5. The number of piperidine rings is 1. The van der Waals surface area contributed by atoms with Gasteiger partial charge in [0.1, 0.15) is 11.5 Å². The van der Waals surface area contributed by atoms with E-state index >= 15 is 0 Å². The van der Waals surface area contributed by atoms with Crippen LogP contribution in [0.5, 0.6) is 11.5 Å². The van der Waals surface area contributed by atoms with Gasteiger partial charge in [-0.3, -0.25) is 9.69 Å². The SMILES string of the molecule is COc1cc(/C=C2\CN(C)C/C(=C\c3ccc(Cl)cc3Cl)C2=O)cc(OC)c1. The summed E-state index contributed by atoms with van der Waals surface area (Å²) < 4.78 is 10.6. The Morgan fingerprint density at radius 1 is 0.929 bits per heavy atom. The minimum absolute atomic E-state index is 0.00547. The molecule has 0 amide bonds. The number of carbonyl (C=O) groups excluding carboxylic acids is 1. The summed E-state index contributed by atoms with van der Waals surface area (Å²) >= 11 is 12.2. The summed E-state index contributed by atoms with van der Waals surface area (Å²) in [6, 6.07) is 10.8. The molecule has 2 aromatic carbocycles. The number of Topliss-reactive ketones (excluding diaryl/α,β-unsaturated/α-hetero) is 1. The van der Waals surface area contributed by atoms with Crippen molar-refractivity contribution >= 4 is 41.1 Å². The quantitative estimate of drug-likeness (QED) is 0.656. The summed E-state index contributed by atoms with van der Waals surface area (Å²) in [5, 5.41) is 1.08. The number of carbonyl (C=O) groups is 1. The van der Waals surface area contributed by atoms with E-state index in [1.54, 1.807) is 32.4 Å². The zero-order valence-electron chi connectivity index (χ0n) is 16.0. The van der Waals surface area contributed by atoms with Crippen molar-refractivity contribution in [2.75, 3.05) is 34.4 Å². The Hall–Kier alpha value is -2.27. The number of hydrogen-bond donors (Lipinski definition) is 0. The molecule has 28 heavy (non-hydrogen) atoms. The standard InChI is InChI=1S/C22H21Cl2NO3/c1-25-12-16(6-14-7-19(27-2)11-20(8-14)28-3)22(26)17(13-25)9-15-4-5-18(23)10-21(15)24/h4-11H,12-13H2,1-3H3/b16-6+,17-9+. The average Bonchev–Trinajstić information content (AvgIpc) is 2.67. The summed E-state index contributed by atoms with van der Waals surface area (Å²) in [4.78, 5) is 15.2. The lowest BCUT2D eigenvalue weighted by Crippen LogP contribution is -2.34. The van der Waals surface area contributed by atoms with Gasteiger partial charge in [-0.15, -0.1) is 0 Å². The third-order valence-electron chi connectivity index (χ3n) is 4.47. The predicted molar refractivity (Wildman–Crippen MR) is 114 cm³/mol. The largest absolute Gasteiger partial charge is 0.497 e. The first-order chi connectivity index (χ1) is 13.4. The molecular weight excluding hydrogens is 397 g/mol. The van der Waals surface area contributed by atoms with Gasteiger partial charge in [0.15, 0.2) is 5.78 Å². The van der Waals surface area contributed by atoms with Crippen LogP contribution in [0.1, 0.15) is 11.1 Å². The van der Waals surface area contributed by atoms with Crippen LogP contribution in [0.4, 0.5) is 0 Å². The highest BCUT2D eigenvalue weighted by Gasteiger charge is 2.24. The highest BCUT2D eigenvalue weighted by Crippen LogP contribution is 2.28. The molecule has 1 aliphatic rings. The highest BCUT2D eigenvalue weighted by molar-refractivity contribution is 6.35. The van der Waals surface area contributed by atoms with Crippen molar-refractivity contribution in [2.45, 2.75) is 0 Å². The first kappa shape index (κ1) is 20.5. The van der Waals surface area contributed by atoms with Crippen LogP contribution in [0.3, 0.4) is 0 Å². The fraction of sp³-hybridized carbons (Fsp3) is 0.227. The molecule has 146 valence electrons. The predicted octanol–water partition coefficient (Wildman–Crippen LogP) is 4.99. The van der Waals surface area contributed by atoms with E-state index in [1.807, 2.05) is 37.4 Å². The fourth-order valence-electron chi connectivity index (χ4n) is 3.13. The second-order valence-electron chi connectivity index (χ2n) is 6.65. The topological polar surface area (TPSA) is 38.8 Å². The smallest absolute Gasteiger partial charge is 0.187 e. The Bertz CT molecular complexity index is 944. The maximum atomic E-state index is 13.1. The van der Waals surface area contributed by atoms with Crippen LogP contribution < -0.4 is 9.47 Å². The maximum Gasteiger partial charge on any atom is 0.187 e. The van der Waals surface area contributed by atoms with Crippen LogP contribution in [-0.4, -0.2) is 45.0 Å². The van der Waals surface area contributed by atoms with E-state index in [4.69, 9.17) is 32.7 Å². The number of likely N-dealkylation sites (tertiary alicyclic amines) is 1. The monoisotopic (exact) mass is 417 g/mol. The molecule has 0 unspecified atom stereocenters. The van der Waals surface area contributed by atoms with Gasteiger partial charge >= 0.3 is 0 Å². The van der Waals surface area contributed by atoms with Crippen LogP contribution >= 0.6 is 23.2 Å². The molecule has 1 saturated heterocycles. The molecule has 0 atom stereocenters. The molecule has 6 heteroatoms. The number of benzene rings is 2. The highest BCUT2D eigenvalue weighted by atomic mass is 35.5. The van der Waals surface area contributed by atoms with Gasteiger partial charge in [-0.05, 0) is 54.6 Å². The molecule has 0 spiro atoms. The Labute approximate surface area is 175 Å². The first-order valence-electron chi connectivity index (χ1n) is 8.72. The van der Waals surface area contributed by atoms with E-state index in [-0.39, 0.29) is 5.78 Å². The Morgan fingerprint density at radius 3 is 2.11 bits per heavy atom. The van der Waals surface area contributed by atoms with Crippen LogP contribution in [0, 0.1) is 0 Å². The second-order valence-corrected chi connectivity index (χ2v) is 7.50. The van der Waals surface area contributed by atoms with Crippen LogP contribution in [-0.2, 0) is 4.79 Å². The summed E-state index contributed by atoms with van der Waals surface area (Å²) in [6.45, 7) is 1.11. The average molecular weight is 418 g/mol. The molecule has 0 radical (unpaired) electrons. The molecule has 4 nitrogen and oxygen atoms in total. The number of nitrogens with zero attached hydrogens (tertiary/aromatic N) is 1. The number of likely N-dealkylation sites (N-methyl/N-ethyl adjacent to an activating group) is 1. The fourth-order valence-corrected chi connectivity index (χ4v) is 3.59. The normalized spacial score (nSPS) is 18.0. The van der Waals surface area contributed by atoms with Gasteiger partial charge in [0.2, 0.25) is 0 Å². The molecule has 1 fully saturated rings. The Kier molecular flexibility index (Phi) is 6.45. The summed E-state index contributed by atoms with van der Waals surface area (Å²) in [5.41, 5.74) is 2.99. The van der Waals surface area contributed by atoms with Crippen molar-refractivity contribution in [3.8, 4) is 11.5 Å². The summed E-state index contributed by atoms with van der Waals surface area (Å²) in [7, 11) is 5.17. The van der Waals surface area contributed by atoms with Gasteiger partial charge < -0.3 is 9.47 Å². The van der Waals surface area contributed by atoms with Gasteiger partial charge in [0.05, 0.1) is 14.2 Å². The Morgan fingerprint density at radius 2 is 1.54 bits per heavy atom. The van der Waals surface area contributed by atoms with E-state index in [9.17, 15) is 4.79 Å². The number of hydrogen-bond acceptors (Lipinski definition) is 4. The number of ketones is 1. The van der Waals surface area contributed by atoms with Crippen molar-refractivity contribution in [1.29, 1.82) is 0 Å². The maximum absolute atomic E-state index is 13.1. The van der Waals surface area contributed by atoms with E-state index in [1.165, 1.54) is 0 Å². The van der Waals surface area contributed by atoms with E-state index in [2.05, 4.69) is 4.90 Å². The van der Waals surface area contributed by atoms with Crippen molar-refractivity contribution in [3.63, 3.8) is 0 Å². The lowest BCUT2D eigenvalue weighted by molar-refractivity contribution is -0.113. The van der Waals surface area contributed by atoms with Crippen molar-refractivity contribution in [2.24, 2.45) is 0 Å². The second kappa shape index (κ2) is 8.82.